The Morgan fingerprint density at radius 3 is 2.71 bits per heavy atom. The fourth-order valence-electron chi connectivity index (χ4n) is 1.38. The predicted molar refractivity (Wildman–Crippen MR) is 80.5 cm³/mol. The van der Waals surface area contributed by atoms with Gasteiger partial charge in [-0.1, -0.05) is 17.7 Å². The van der Waals surface area contributed by atoms with Crippen molar-refractivity contribution in [1.82, 2.24) is 5.32 Å². The Labute approximate surface area is 133 Å². The molecule has 0 heterocycles. The molecule has 1 unspecified atom stereocenters. The molecule has 3 N–H and O–H groups in total. The third-order valence-electron chi connectivity index (χ3n) is 2.58. The molecule has 0 bridgehead atoms. The molecule has 1 atom stereocenters. The average molecular weight is 343 g/mol. The van der Waals surface area contributed by atoms with E-state index < -0.39 is 31.0 Å². The molecule has 21 heavy (non-hydrogen) atoms. The maximum atomic E-state index is 12.9. The number of carbonyl (C=O) groups excluding carboxylic acids is 1. The van der Waals surface area contributed by atoms with Gasteiger partial charge in [0.05, 0.1) is 18.1 Å². The molecule has 0 saturated heterocycles. The molecule has 0 saturated carbocycles. The van der Waals surface area contributed by atoms with Crippen LogP contribution < -0.4 is 15.8 Å². The van der Waals surface area contributed by atoms with Crippen LogP contribution in [0, 0.1) is 6.92 Å². The second-order valence-electron chi connectivity index (χ2n) is 4.47. The van der Waals surface area contributed by atoms with Crippen molar-refractivity contribution in [3.05, 3.63) is 28.8 Å². The highest BCUT2D eigenvalue weighted by atomic mass is 35.5. The Hall–Kier alpha value is -1.11. The lowest BCUT2D eigenvalue weighted by atomic mass is 10.2. The Bertz CT molecular complexity index is 487. The summed E-state index contributed by atoms with van der Waals surface area (Å²) < 4.78 is 31.2. The quantitative estimate of drug-likeness (QED) is 0.834. The Morgan fingerprint density at radius 2 is 2.14 bits per heavy atom. The third-order valence-corrected chi connectivity index (χ3v) is 2.89. The van der Waals surface area contributed by atoms with Gasteiger partial charge in [0.2, 0.25) is 0 Å². The van der Waals surface area contributed by atoms with Gasteiger partial charge in [-0.05, 0) is 31.5 Å². The van der Waals surface area contributed by atoms with E-state index >= 15 is 0 Å². The number of halogens is 4. The number of hydrogen-bond donors (Lipinski definition) is 2. The molecule has 0 aromatic heterocycles. The summed E-state index contributed by atoms with van der Waals surface area (Å²) in [7, 11) is 0. The highest BCUT2D eigenvalue weighted by Crippen LogP contribution is 2.26. The summed E-state index contributed by atoms with van der Waals surface area (Å²) in [6.07, 6.45) is -0.942. The number of alkyl halides is 2. The lowest BCUT2D eigenvalue weighted by Crippen LogP contribution is -2.45. The van der Waals surface area contributed by atoms with E-state index in [1.165, 1.54) is 6.92 Å². The van der Waals surface area contributed by atoms with Crippen molar-refractivity contribution in [2.75, 3.05) is 13.1 Å². The minimum Gasteiger partial charge on any atom is -0.479 e. The van der Waals surface area contributed by atoms with E-state index in [-0.39, 0.29) is 12.4 Å². The van der Waals surface area contributed by atoms with Crippen molar-refractivity contribution in [1.29, 1.82) is 0 Å². The zero-order chi connectivity index (χ0) is 15.3. The minimum atomic E-state index is -3.13. The van der Waals surface area contributed by atoms with Crippen LogP contribution in [0.15, 0.2) is 18.2 Å². The second kappa shape index (κ2) is 8.36. The van der Waals surface area contributed by atoms with E-state index in [1.54, 1.807) is 18.2 Å². The van der Waals surface area contributed by atoms with Gasteiger partial charge < -0.3 is 15.8 Å². The lowest BCUT2D eigenvalue weighted by Gasteiger charge is -2.18. The molecule has 1 rings (SSSR count). The number of rotatable bonds is 6. The van der Waals surface area contributed by atoms with Crippen molar-refractivity contribution in [2.24, 2.45) is 5.73 Å². The number of carbonyl (C=O) groups is 1. The lowest BCUT2D eigenvalue weighted by molar-refractivity contribution is -0.129. The standard InChI is InChI=1S/C13H17ClF2N2O2.ClH/c1-8-3-4-10(14)11(5-8)20-9(2)12(19)18-7-13(15,16)6-17;/h3-5,9H,6-7,17H2,1-2H3,(H,18,19);1H. The number of ether oxygens (including phenoxy) is 1. The SMILES string of the molecule is Cc1ccc(Cl)c(OC(C)C(=O)NCC(F)(F)CN)c1.Cl. The first-order chi connectivity index (χ1) is 9.25. The van der Waals surface area contributed by atoms with Gasteiger partial charge in [-0.25, -0.2) is 8.78 Å². The Balaban J connectivity index is 0.00000400. The van der Waals surface area contributed by atoms with Gasteiger partial charge in [-0.15, -0.1) is 12.4 Å². The van der Waals surface area contributed by atoms with Gasteiger partial charge in [0.15, 0.2) is 6.10 Å². The third kappa shape index (κ3) is 6.46. The first-order valence-electron chi connectivity index (χ1n) is 6.03. The first kappa shape index (κ1) is 19.9. The summed E-state index contributed by atoms with van der Waals surface area (Å²) in [6, 6.07) is 5.10. The Kier molecular flexibility index (Phi) is 7.92. The highest BCUT2D eigenvalue weighted by molar-refractivity contribution is 6.32. The molecule has 0 spiro atoms. The van der Waals surface area contributed by atoms with Crippen molar-refractivity contribution < 1.29 is 18.3 Å². The monoisotopic (exact) mass is 342 g/mol. The maximum Gasteiger partial charge on any atom is 0.277 e. The van der Waals surface area contributed by atoms with Crippen LogP contribution >= 0.6 is 24.0 Å². The summed E-state index contributed by atoms with van der Waals surface area (Å²) in [4.78, 5) is 11.7. The van der Waals surface area contributed by atoms with Gasteiger partial charge in [-0.3, -0.25) is 4.79 Å². The van der Waals surface area contributed by atoms with E-state index in [0.717, 1.165) is 5.56 Å². The Morgan fingerprint density at radius 1 is 1.52 bits per heavy atom. The molecule has 1 aromatic carbocycles. The number of benzene rings is 1. The van der Waals surface area contributed by atoms with Gasteiger partial charge in [0, 0.05) is 0 Å². The van der Waals surface area contributed by atoms with E-state index in [4.69, 9.17) is 22.1 Å². The number of nitrogens with two attached hydrogens (primary N) is 1. The molecule has 1 aromatic rings. The van der Waals surface area contributed by atoms with Crippen LogP contribution in [0.3, 0.4) is 0 Å². The fraction of sp³-hybridized carbons (Fsp3) is 0.462. The zero-order valence-electron chi connectivity index (χ0n) is 11.7. The molecular weight excluding hydrogens is 325 g/mol. The smallest absolute Gasteiger partial charge is 0.277 e. The second-order valence-corrected chi connectivity index (χ2v) is 4.88. The fourth-order valence-corrected chi connectivity index (χ4v) is 1.54. The molecule has 4 nitrogen and oxygen atoms in total. The van der Waals surface area contributed by atoms with Crippen LogP contribution in [-0.2, 0) is 4.79 Å². The molecule has 0 fully saturated rings. The predicted octanol–water partition coefficient (Wildman–Crippen LogP) is 2.55. The van der Waals surface area contributed by atoms with Crippen LogP contribution in [0.4, 0.5) is 8.78 Å². The highest BCUT2D eigenvalue weighted by Gasteiger charge is 2.28. The van der Waals surface area contributed by atoms with Gasteiger partial charge in [0.25, 0.3) is 11.8 Å². The van der Waals surface area contributed by atoms with E-state index in [9.17, 15) is 13.6 Å². The van der Waals surface area contributed by atoms with Crippen molar-refractivity contribution in [3.8, 4) is 5.75 Å². The molecule has 0 radical (unpaired) electrons. The number of aryl methyl sites for hydroxylation is 1. The van der Waals surface area contributed by atoms with Gasteiger partial charge in [0.1, 0.15) is 5.75 Å². The molecule has 0 aliphatic carbocycles. The zero-order valence-corrected chi connectivity index (χ0v) is 13.2. The normalized spacial score (nSPS) is 12.3. The van der Waals surface area contributed by atoms with E-state index in [1.807, 2.05) is 6.92 Å². The topological polar surface area (TPSA) is 64.3 Å². The number of hydrogen-bond acceptors (Lipinski definition) is 3. The van der Waals surface area contributed by atoms with Crippen LogP contribution in [0.2, 0.25) is 5.02 Å². The van der Waals surface area contributed by atoms with E-state index in [0.29, 0.717) is 10.8 Å². The molecule has 0 aliphatic rings. The molecular formula is C13H18Cl2F2N2O2. The van der Waals surface area contributed by atoms with Crippen LogP contribution in [0.1, 0.15) is 12.5 Å². The van der Waals surface area contributed by atoms with Crippen molar-refractivity contribution >= 4 is 29.9 Å². The largest absolute Gasteiger partial charge is 0.479 e. The summed E-state index contributed by atoms with van der Waals surface area (Å²) in [5.74, 6) is -3.45. The molecule has 0 aliphatic heterocycles. The van der Waals surface area contributed by atoms with Crippen LogP contribution in [0.25, 0.3) is 0 Å². The summed E-state index contributed by atoms with van der Waals surface area (Å²) >= 11 is 5.92. The van der Waals surface area contributed by atoms with E-state index in [2.05, 4.69) is 5.32 Å². The summed E-state index contributed by atoms with van der Waals surface area (Å²) in [5, 5.41) is 2.44. The molecule has 1 amide bonds. The maximum absolute atomic E-state index is 12.9. The average Bonchev–Trinajstić information content (AvgIpc) is 2.40. The van der Waals surface area contributed by atoms with Crippen LogP contribution in [0.5, 0.6) is 5.75 Å². The number of nitrogens with one attached hydrogen (secondary N) is 1. The minimum absolute atomic E-state index is 0. The molecule has 8 heteroatoms. The van der Waals surface area contributed by atoms with Crippen molar-refractivity contribution in [3.63, 3.8) is 0 Å². The van der Waals surface area contributed by atoms with Gasteiger partial charge in [-0.2, -0.15) is 0 Å². The van der Waals surface area contributed by atoms with Gasteiger partial charge >= 0.3 is 0 Å². The first-order valence-corrected chi connectivity index (χ1v) is 6.41. The molecule has 120 valence electrons. The summed E-state index contributed by atoms with van der Waals surface area (Å²) in [5.41, 5.74) is 5.79. The van der Waals surface area contributed by atoms with Crippen LogP contribution in [-0.4, -0.2) is 31.0 Å². The number of amides is 1. The summed E-state index contributed by atoms with van der Waals surface area (Å²) in [6.45, 7) is 1.65. The van der Waals surface area contributed by atoms with Crippen molar-refractivity contribution in [2.45, 2.75) is 25.9 Å².